The van der Waals surface area contributed by atoms with Crippen molar-refractivity contribution in [2.75, 3.05) is 18.4 Å². The summed E-state index contributed by atoms with van der Waals surface area (Å²) < 4.78 is 28.9. The molecule has 94 valence electrons. The highest BCUT2D eigenvalue weighted by Gasteiger charge is 2.15. The van der Waals surface area contributed by atoms with E-state index in [1.807, 2.05) is 0 Å². The number of nitrogens with one attached hydrogen (secondary N) is 2. The van der Waals surface area contributed by atoms with Crippen LogP contribution in [0.5, 0.6) is 5.75 Å². The minimum atomic E-state index is -2.79. The average molecular weight is 242 g/mol. The lowest BCUT2D eigenvalue weighted by Gasteiger charge is -2.25. The standard InChI is InChI=1S/C12H16F2N2O/c13-12(14)17-11-6-2-1-5-10(11)16-9-4-3-7-15-8-9/h1-2,5-6,9,12,15-16H,3-4,7-8H2. The third kappa shape index (κ3) is 3.56. The Balaban J connectivity index is 2.03. The van der Waals surface area contributed by atoms with E-state index in [0.717, 1.165) is 25.9 Å². The number of halogens is 2. The topological polar surface area (TPSA) is 33.3 Å². The van der Waals surface area contributed by atoms with E-state index in [1.54, 1.807) is 24.3 Å². The molecule has 1 aliphatic heterocycles. The van der Waals surface area contributed by atoms with Crippen molar-refractivity contribution >= 4 is 5.69 Å². The fourth-order valence-electron chi connectivity index (χ4n) is 1.98. The first-order valence-electron chi connectivity index (χ1n) is 5.77. The Morgan fingerprint density at radius 1 is 1.35 bits per heavy atom. The summed E-state index contributed by atoms with van der Waals surface area (Å²) in [4.78, 5) is 0. The van der Waals surface area contributed by atoms with Crippen LogP contribution in [0, 0.1) is 0 Å². The van der Waals surface area contributed by atoms with Gasteiger partial charge < -0.3 is 15.4 Å². The number of anilines is 1. The van der Waals surface area contributed by atoms with Gasteiger partial charge in [0.2, 0.25) is 0 Å². The highest BCUT2D eigenvalue weighted by molar-refractivity contribution is 5.56. The number of ether oxygens (including phenoxy) is 1. The molecule has 17 heavy (non-hydrogen) atoms. The number of hydrogen-bond acceptors (Lipinski definition) is 3. The summed E-state index contributed by atoms with van der Waals surface area (Å²) in [6.45, 7) is -0.918. The highest BCUT2D eigenvalue weighted by Crippen LogP contribution is 2.26. The number of para-hydroxylation sites is 2. The summed E-state index contributed by atoms with van der Waals surface area (Å²) in [7, 11) is 0. The van der Waals surface area contributed by atoms with Crippen molar-refractivity contribution in [3.63, 3.8) is 0 Å². The molecule has 1 fully saturated rings. The molecule has 0 aliphatic carbocycles. The first kappa shape index (κ1) is 12.1. The van der Waals surface area contributed by atoms with Gasteiger partial charge in [-0.3, -0.25) is 0 Å². The van der Waals surface area contributed by atoms with Gasteiger partial charge in [0, 0.05) is 12.6 Å². The predicted molar refractivity (Wildman–Crippen MR) is 62.6 cm³/mol. The third-order valence-electron chi connectivity index (χ3n) is 2.76. The van der Waals surface area contributed by atoms with Gasteiger partial charge in [-0.1, -0.05) is 12.1 Å². The molecule has 0 aromatic heterocycles. The molecule has 1 aromatic rings. The third-order valence-corrected chi connectivity index (χ3v) is 2.76. The Labute approximate surface area is 99.2 Å². The highest BCUT2D eigenvalue weighted by atomic mass is 19.3. The summed E-state index contributed by atoms with van der Waals surface area (Å²) in [5, 5.41) is 6.50. The summed E-state index contributed by atoms with van der Waals surface area (Å²) in [6.07, 6.45) is 2.13. The van der Waals surface area contributed by atoms with Crippen LogP contribution in [0.15, 0.2) is 24.3 Å². The van der Waals surface area contributed by atoms with Crippen LogP contribution in [0.1, 0.15) is 12.8 Å². The van der Waals surface area contributed by atoms with Crippen LogP contribution in [0.2, 0.25) is 0 Å². The van der Waals surface area contributed by atoms with Crippen molar-refractivity contribution in [3.8, 4) is 5.75 Å². The normalized spacial score (nSPS) is 20.3. The van der Waals surface area contributed by atoms with Crippen molar-refractivity contribution < 1.29 is 13.5 Å². The molecule has 5 heteroatoms. The smallest absolute Gasteiger partial charge is 0.387 e. The van der Waals surface area contributed by atoms with Crippen molar-refractivity contribution in [3.05, 3.63) is 24.3 Å². The Morgan fingerprint density at radius 3 is 2.88 bits per heavy atom. The summed E-state index contributed by atoms with van der Waals surface area (Å²) in [6, 6.07) is 7.06. The van der Waals surface area contributed by atoms with Gasteiger partial charge in [-0.05, 0) is 31.5 Å². The maximum atomic E-state index is 12.2. The van der Waals surface area contributed by atoms with Gasteiger partial charge >= 0.3 is 6.61 Å². The number of alkyl halides is 2. The molecule has 1 unspecified atom stereocenters. The molecule has 0 amide bonds. The molecule has 1 heterocycles. The minimum absolute atomic E-state index is 0.202. The number of hydrogen-bond donors (Lipinski definition) is 2. The summed E-state index contributed by atoms with van der Waals surface area (Å²) in [5.74, 6) is 0.202. The van der Waals surface area contributed by atoms with Crippen molar-refractivity contribution in [1.29, 1.82) is 0 Å². The molecular formula is C12H16F2N2O. The second kappa shape index (κ2) is 5.82. The lowest BCUT2D eigenvalue weighted by molar-refractivity contribution is -0.0493. The molecule has 2 N–H and O–H groups in total. The van der Waals surface area contributed by atoms with Gasteiger partial charge in [-0.25, -0.2) is 0 Å². The van der Waals surface area contributed by atoms with Crippen molar-refractivity contribution in [2.45, 2.75) is 25.5 Å². The Hall–Kier alpha value is -1.36. The average Bonchev–Trinajstić information content (AvgIpc) is 2.32. The lowest BCUT2D eigenvalue weighted by Crippen LogP contribution is -2.38. The molecule has 1 aromatic carbocycles. The van der Waals surface area contributed by atoms with E-state index >= 15 is 0 Å². The molecular weight excluding hydrogens is 226 g/mol. The zero-order valence-corrected chi connectivity index (χ0v) is 9.46. The van der Waals surface area contributed by atoms with Gasteiger partial charge in [0.05, 0.1) is 5.69 Å². The van der Waals surface area contributed by atoms with E-state index in [-0.39, 0.29) is 11.8 Å². The van der Waals surface area contributed by atoms with Crippen molar-refractivity contribution in [2.24, 2.45) is 0 Å². The number of benzene rings is 1. The first-order chi connectivity index (χ1) is 8.25. The van der Waals surface area contributed by atoms with Gasteiger partial charge in [-0.2, -0.15) is 8.78 Å². The fourth-order valence-corrected chi connectivity index (χ4v) is 1.98. The summed E-state index contributed by atoms with van der Waals surface area (Å²) in [5.41, 5.74) is 0.626. The van der Waals surface area contributed by atoms with Gasteiger partial charge in [-0.15, -0.1) is 0 Å². The lowest BCUT2D eigenvalue weighted by atomic mass is 10.1. The van der Waals surface area contributed by atoms with E-state index in [1.165, 1.54) is 0 Å². The SMILES string of the molecule is FC(F)Oc1ccccc1NC1CCCNC1. The van der Waals surface area contributed by atoms with Crippen LogP contribution < -0.4 is 15.4 Å². The molecule has 0 saturated carbocycles. The molecule has 3 nitrogen and oxygen atoms in total. The molecule has 0 bridgehead atoms. The monoisotopic (exact) mass is 242 g/mol. The van der Waals surface area contributed by atoms with E-state index < -0.39 is 6.61 Å². The maximum Gasteiger partial charge on any atom is 0.387 e. The van der Waals surface area contributed by atoms with Crippen LogP contribution in [0.3, 0.4) is 0 Å². The van der Waals surface area contributed by atoms with E-state index in [4.69, 9.17) is 0 Å². The van der Waals surface area contributed by atoms with Gasteiger partial charge in [0.15, 0.2) is 0 Å². The predicted octanol–water partition coefficient (Wildman–Crippen LogP) is 2.45. The van der Waals surface area contributed by atoms with Gasteiger partial charge in [0.25, 0.3) is 0 Å². The molecule has 1 saturated heterocycles. The van der Waals surface area contributed by atoms with Crippen LogP contribution in [-0.4, -0.2) is 25.7 Å². The van der Waals surface area contributed by atoms with E-state index in [2.05, 4.69) is 15.4 Å². The molecule has 0 spiro atoms. The van der Waals surface area contributed by atoms with Crippen LogP contribution >= 0.6 is 0 Å². The van der Waals surface area contributed by atoms with E-state index in [0.29, 0.717) is 5.69 Å². The van der Waals surface area contributed by atoms with Crippen molar-refractivity contribution in [1.82, 2.24) is 5.32 Å². The second-order valence-corrected chi connectivity index (χ2v) is 4.06. The fraction of sp³-hybridized carbons (Fsp3) is 0.500. The zero-order valence-electron chi connectivity index (χ0n) is 9.46. The quantitative estimate of drug-likeness (QED) is 0.850. The Bertz CT molecular complexity index is 354. The maximum absolute atomic E-state index is 12.2. The number of rotatable bonds is 4. The summed E-state index contributed by atoms with van der Waals surface area (Å²) >= 11 is 0. The molecule has 0 radical (unpaired) electrons. The number of piperidine rings is 1. The molecule has 1 atom stereocenters. The van der Waals surface area contributed by atoms with Crippen LogP contribution in [0.4, 0.5) is 14.5 Å². The van der Waals surface area contributed by atoms with Crippen LogP contribution in [-0.2, 0) is 0 Å². The largest absolute Gasteiger partial charge is 0.433 e. The minimum Gasteiger partial charge on any atom is -0.433 e. The first-order valence-corrected chi connectivity index (χ1v) is 5.77. The van der Waals surface area contributed by atoms with Crippen LogP contribution in [0.25, 0.3) is 0 Å². The molecule has 1 aliphatic rings. The Morgan fingerprint density at radius 2 is 2.18 bits per heavy atom. The Kier molecular flexibility index (Phi) is 4.14. The molecule has 2 rings (SSSR count). The van der Waals surface area contributed by atoms with E-state index in [9.17, 15) is 8.78 Å². The second-order valence-electron chi connectivity index (χ2n) is 4.06. The van der Waals surface area contributed by atoms with Gasteiger partial charge in [0.1, 0.15) is 5.75 Å². The zero-order chi connectivity index (χ0) is 12.1.